The van der Waals surface area contributed by atoms with E-state index in [1.807, 2.05) is 11.0 Å². The van der Waals surface area contributed by atoms with Gasteiger partial charge in [0.05, 0.1) is 11.5 Å². The molecule has 1 aromatic carbocycles. The van der Waals surface area contributed by atoms with E-state index in [4.69, 9.17) is 0 Å². The molecule has 1 aliphatic heterocycles. The molecule has 1 N–H and O–H groups in total. The fourth-order valence-electron chi connectivity index (χ4n) is 3.43. The van der Waals surface area contributed by atoms with Crippen LogP contribution in [0.4, 0.5) is 24.7 Å². The third-order valence-corrected chi connectivity index (χ3v) is 4.95. The van der Waals surface area contributed by atoms with Crippen LogP contribution in [-0.4, -0.2) is 39.0 Å². The van der Waals surface area contributed by atoms with Crippen molar-refractivity contribution in [2.75, 3.05) is 23.3 Å². The maximum atomic E-state index is 12.9. The van der Waals surface area contributed by atoms with E-state index in [2.05, 4.69) is 20.6 Å². The van der Waals surface area contributed by atoms with Crippen LogP contribution < -0.4 is 10.2 Å². The van der Waals surface area contributed by atoms with Crippen LogP contribution in [0.5, 0.6) is 0 Å². The zero-order valence-electron chi connectivity index (χ0n) is 15.9. The first-order valence-corrected chi connectivity index (χ1v) is 9.47. The number of anilines is 2. The Morgan fingerprint density at radius 2 is 1.90 bits per heavy atom. The summed E-state index contributed by atoms with van der Waals surface area (Å²) < 4.78 is 40.2. The predicted molar refractivity (Wildman–Crippen MR) is 104 cm³/mol. The van der Waals surface area contributed by atoms with Gasteiger partial charge in [0.25, 0.3) is 0 Å². The normalized spacial score (nSPS) is 17.0. The highest BCUT2D eigenvalue weighted by atomic mass is 19.4. The molecular weight excluding hydrogens is 397 g/mol. The van der Waals surface area contributed by atoms with E-state index in [0.717, 1.165) is 25.1 Å². The van der Waals surface area contributed by atoms with Gasteiger partial charge in [-0.05, 0) is 49.2 Å². The second kappa shape index (κ2) is 8.13. The minimum Gasteiger partial charge on any atom is -0.354 e. The Balaban J connectivity index is 1.42. The van der Waals surface area contributed by atoms with Crippen molar-refractivity contribution in [2.45, 2.75) is 19.0 Å². The SMILES string of the molecule is O=C(Nc1cccc(C(F)(F)F)c1)C1CCCN(c2ccc(-n3cccn3)nn2)C1. The number of carbonyl (C=O) groups is 1. The Hall–Kier alpha value is -3.43. The number of halogens is 3. The Morgan fingerprint density at radius 3 is 2.60 bits per heavy atom. The quantitative estimate of drug-likeness (QED) is 0.704. The van der Waals surface area contributed by atoms with Gasteiger partial charge in [-0.3, -0.25) is 4.79 Å². The van der Waals surface area contributed by atoms with Crippen LogP contribution in [0.15, 0.2) is 54.9 Å². The van der Waals surface area contributed by atoms with Crippen molar-refractivity contribution in [1.82, 2.24) is 20.0 Å². The second-order valence-electron chi connectivity index (χ2n) is 7.05. The lowest BCUT2D eigenvalue weighted by Gasteiger charge is -2.32. The number of aromatic nitrogens is 4. The van der Waals surface area contributed by atoms with Crippen molar-refractivity contribution in [3.05, 3.63) is 60.4 Å². The van der Waals surface area contributed by atoms with Gasteiger partial charge in [-0.25, -0.2) is 4.68 Å². The third kappa shape index (κ3) is 4.42. The zero-order valence-corrected chi connectivity index (χ0v) is 15.9. The lowest BCUT2D eigenvalue weighted by molar-refractivity contribution is -0.137. The molecule has 156 valence electrons. The number of hydrogen-bond acceptors (Lipinski definition) is 5. The van der Waals surface area contributed by atoms with Crippen molar-refractivity contribution in [2.24, 2.45) is 5.92 Å². The molecule has 10 heteroatoms. The summed E-state index contributed by atoms with van der Waals surface area (Å²) in [5, 5.41) is 15.1. The molecule has 1 unspecified atom stereocenters. The summed E-state index contributed by atoms with van der Waals surface area (Å²) in [5.74, 6) is 0.558. The number of benzene rings is 1. The molecule has 2 aromatic heterocycles. The Labute approximate surface area is 170 Å². The molecule has 1 amide bonds. The van der Waals surface area contributed by atoms with E-state index >= 15 is 0 Å². The first-order valence-electron chi connectivity index (χ1n) is 9.47. The van der Waals surface area contributed by atoms with Crippen molar-refractivity contribution >= 4 is 17.4 Å². The van der Waals surface area contributed by atoms with Gasteiger partial charge in [0.1, 0.15) is 0 Å². The van der Waals surface area contributed by atoms with Gasteiger partial charge in [0.15, 0.2) is 11.6 Å². The van der Waals surface area contributed by atoms with Gasteiger partial charge in [-0.2, -0.15) is 18.3 Å². The fourth-order valence-corrected chi connectivity index (χ4v) is 3.43. The Kier molecular flexibility index (Phi) is 5.39. The number of nitrogens with one attached hydrogen (secondary N) is 1. The molecular formula is C20H19F3N6O. The summed E-state index contributed by atoms with van der Waals surface area (Å²) in [7, 11) is 0. The highest BCUT2D eigenvalue weighted by Crippen LogP contribution is 2.31. The van der Waals surface area contributed by atoms with Crippen molar-refractivity contribution in [3.8, 4) is 5.82 Å². The number of alkyl halides is 3. The minimum atomic E-state index is -4.45. The largest absolute Gasteiger partial charge is 0.416 e. The highest BCUT2D eigenvalue weighted by Gasteiger charge is 2.31. The van der Waals surface area contributed by atoms with Crippen LogP contribution in [0.1, 0.15) is 18.4 Å². The first-order chi connectivity index (χ1) is 14.4. The number of hydrogen-bond donors (Lipinski definition) is 1. The van der Waals surface area contributed by atoms with E-state index < -0.39 is 11.7 Å². The van der Waals surface area contributed by atoms with E-state index in [0.29, 0.717) is 24.6 Å². The summed E-state index contributed by atoms with van der Waals surface area (Å²) in [6.45, 7) is 1.14. The average Bonchev–Trinajstić information content (AvgIpc) is 3.28. The molecule has 1 saturated heterocycles. The Bertz CT molecular complexity index is 1000. The van der Waals surface area contributed by atoms with E-state index in [1.165, 1.54) is 12.1 Å². The van der Waals surface area contributed by atoms with E-state index in [-0.39, 0.29) is 17.5 Å². The first kappa shape index (κ1) is 19.9. The van der Waals surface area contributed by atoms with Gasteiger partial charge >= 0.3 is 6.18 Å². The van der Waals surface area contributed by atoms with Gasteiger partial charge in [-0.1, -0.05) is 6.07 Å². The molecule has 1 atom stereocenters. The molecule has 3 aromatic rings. The zero-order chi connectivity index (χ0) is 21.1. The summed E-state index contributed by atoms with van der Waals surface area (Å²) in [6, 6.07) is 10.0. The summed E-state index contributed by atoms with van der Waals surface area (Å²) in [4.78, 5) is 14.6. The summed E-state index contributed by atoms with van der Waals surface area (Å²) in [6.07, 6.45) is 0.374. The molecule has 1 fully saturated rings. The average molecular weight is 416 g/mol. The topological polar surface area (TPSA) is 75.9 Å². The van der Waals surface area contributed by atoms with Gasteiger partial charge in [0.2, 0.25) is 5.91 Å². The molecule has 4 rings (SSSR count). The van der Waals surface area contributed by atoms with Crippen molar-refractivity contribution in [1.29, 1.82) is 0 Å². The van der Waals surface area contributed by atoms with Crippen LogP contribution >= 0.6 is 0 Å². The molecule has 1 aliphatic rings. The predicted octanol–water partition coefficient (Wildman–Crippen LogP) is 3.54. The molecule has 0 radical (unpaired) electrons. The maximum absolute atomic E-state index is 12.9. The highest BCUT2D eigenvalue weighted by molar-refractivity contribution is 5.93. The third-order valence-electron chi connectivity index (χ3n) is 4.95. The number of rotatable bonds is 4. The molecule has 0 aliphatic carbocycles. The van der Waals surface area contributed by atoms with E-state index in [1.54, 1.807) is 29.2 Å². The minimum absolute atomic E-state index is 0.135. The van der Waals surface area contributed by atoms with Crippen LogP contribution in [0, 0.1) is 5.92 Å². The van der Waals surface area contributed by atoms with Crippen LogP contribution in [-0.2, 0) is 11.0 Å². The molecule has 0 spiro atoms. The smallest absolute Gasteiger partial charge is 0.354 e. The van der Waals surface area contributed by atoms with Crippen LogP contribution in [0.3, 0.4) is 0 Å². The molecule has 0 bridgehead atoms. The lowest BCUT2D eigenvalue weighted by Crippen LogP contribution is -2.41. The number of piperidine rings is 1. The lowest BCUT2D eigenvalue weighted by atomic mass is 9.97. The van der Waals surface area contributed by atoms with Gasteiger partial charge in [-0.15, -0.1) is 10.2 Å². The fraction of sp³-hybridized carbons (Fsp3) is 0.300. The molecule has 7 nitrogen and oxygen atoms in total. The maximum Gasteiger partial charge on any atom is 0.416 e. The van der Waals surface area contributed by atoms with Crippen molar-refractivity contribution in [3.63, 3.8) is 0 Å². The number of amides is 1. The number of nitrogens with zero attached hydrogens (tertiary/aromatic N) is 5. The Morgan fingerprint density at radius 1 is 1.10 bits per heavy atom. The van der Waals surface area contributed by atoms with E-state index in [9.17, 15) is 18.0 Å². The summed E-state index contributed by atoms with van der Waals surface area (Å²) in [5.41, 5.74) is -0.659. The monoisotopic (exact) mass is 416 g/mol. The molecule has 0 saturated carbocycles. The molecule has 3 heterocycles. The van der Waals surface area contributed by atoms with Gasteiger partial charge < -0.3 is 10.2 Å². The van der Waals surface area contributed by atoms with Gasteiger partial charge in [0, 0.05) is 31.2 Å². The molecule has 30 heavy (non-hydrogen) atoms. The van der Waals surface area contributed by atoms with Crippen LogP contribution in [0.25, 0.3) is 5.82 Å². The number of carbonyl (C=O) groups excluding carboxylic acids is 1. The van der Waals surface area contributed by atoms with Crippen molar-refractivity contribution < 1.29 is 18.0 Å². The standard InChI is InChI=1S/C20H19F3N6O/c21-20(22,23)15-5-1-6-16(12-15)25-19(30)14-4-2-10-28(13-14)17-7-8-18(27-26-17)29-11-3-9-24-29/h1,3,5-9,11-12,14H,2,4,10,13H2,(H,25,30). The van der Waals surface area contributed by atoms with Crippen LogP contribution in [0.2, 0.25) is 0 Å². The second-order valence-corrected chi connectivity index (χ2v) is 7.05. The summed E-state index contributed by atoms with van der Waals surface area (Å²) >= 11 is 0.